The van der Waals surface area contributed by atoms with Gasteiger partial charge in [-0.25, -0.2) is 0 Å². The van der Waals surface area contributed by atoms with Crippen molar-refractivity contribution in [2.45, 2.75) is 39.3 Å². The SMILES string of the molecule is Cc1cc(C(C)N[C@H](CO)Cc2ccccc2)c(C)s1. The van der Waals surface area contributed by atoms with E-state index in [0.717, 1.165) is 6.42 Å². The zero-order valence-corrected chi connectivity index (χ0v) is 13.2. The van der Waals surface area contributed by atoms with Gasteiger partial charge in [0.2, 0.25) is 0 Å². The summed E-state index contributed by atoms with van der Waals surface area (Å²) >= 11 is 1.83. The molecule has 0 spiro atoms. The molecule has 2 nitrogen and oxygen atoms in total. The van der Waals surface area contributed by atoms with Gasteiger partial charge in [-0.3, -0.25) is 0 Å². The van der Waals surface area contributed by atoms with E-state index >= 15 is 0 Å². The molecule has 1 unspecified atom stereocenters. The fourth-order valence-electron chi connectivity index (χ4n) is 2.60. The molecule has 2 atom stereocenters. The summed E-state index contributed by atoms with van der Waals surface area (Å²) < 4.78 is 0. The maximum atomic E-state index is 9.60. The van der Waals surface area contributed by atoms with Crippen molar-refractivity contribution >= 4 is 11.3 Å². The van der Waals surface area contributed by atoms with Crippen molar-refractivity contribution in [3.8, 4) is 0 Å². The molecule has 2 rings (SSSR count). The van der Waals surface area contributed by atoms with Gasteiger partial charge in [0.1, 0.15) is 0 Å². The highest BCUT2D eigenvalue weighted by molar-refractivity contribution is 7.12. The molecule has 1 heterocycles. The standard InChI is InChI=1S/C17H23NOS/c1-12-9-17(14(3)20-12)13(2)18-16(11-19)10-15-7-5-4-6-8-15/h4-9,13,16,18-19H,10-11H2,1-3H3/t13?,16-/m0/s1. The van der Waals surface area contributed by atoms with Gasteiger partial charge in [0.05, 0.1) is 6.61 Å². The number of aliphatic hydroxyl groups excluding tert-OH is 1. The van der Waals surface area contributed by atoms with Crippen molar-refractivity contribution in [3.05, 3.63) is 57.3 Å². The number of nitrogens with one attached hydrogen (secondary N) is 1. The monoisotopic (exact) mass is 289 g/mol. The van der Waals surface area contributed by atoms with Gasteiger partial charge in [-0.05, 0) is 44.4 Å². The first-order chi connectivity index (χ1) is 9.60. The van der Waals surface area contributed by atoms with E-state index in [2.05, 4.69) is 44.3 Å². The molecule has 0 aliphatic rings. The number of thiophene rings is 1. The van der Waals surface area contributed by atoms with E-state index in [0.29, 0.717) is 0 Å². The maximum Gasteiger partial charge on any atom is 0.0588 e. The van der Waals surface area contributed by atoms with Crippen molar-refractivity contribution in [1.82, 2.24) is 5.32 Å². The fraction of sp³-hybridized carbons (Fsp3) is 0.412. The molecule has 108 valence electrons. The van der Waals surface area contributed by atoms with Gasteiger partial charge in [-0.2, -0.15) is 0 Å². The minimum atomic E-state index is 0.0898. The Hall–Kier alpha value is -1.16. The first-order valence-corrected chi connectivity index (χ1v) is 7.89. The summed E-state index contributed by atoms with van der Waals surface area (Å²) in [6, 6.07) is 12.9. The smallest absolute Gasteiger partial charge is 0.0588 e. The van der Waals surface area contributed by atoms with E-state index in [1.54, 1.807) is 0 Å². The zero-order valence-electron chi connectivity index (χ0n) is 12.4. The van der Waals surface area contributed by atoms with Crippen LogP contribution in [0.1, 0.15) is 33.8 Å². The Labute approximate surface area is 125 Å². The molecule has 2 N–H and O–H groups in total. The van der Waals surface area contributed by atoms with Crippen LogP contribution in [-0.4, -0.2) is 17.8 Å². The highest BCUT2D eigenvalue weighted by Gasteiger charge is 2.16. The second-order valence-corrected chi connectivity index (χ2v) is 6.79. The lowest BCUT2D eigenvalue weighted by atomic mass is 10.0. The van der Waals surface area contributed by atoms with Crippen molar-refractivity contribution in [3.63, 3.8) is 0 Å². The number of aryl methyl sites for hydroxylation is 2. The molecule has 0 aliphatic heterocycles. The first kappa shape index (κ1) is 15.2. The van der Waals surface area contributed by atoms with Crippen molar-refractivity contribution in [2.75, 3.05) is 6.61 Å². The molecular weight excluding hydrogens is 266 g/mol. The summed E-state index contributed by atoms with van der Waals surface area (Å²) in [4.78, 5) is 2.70. The Balaban J connectivity index is 2.01. The molecule has 0 amide bonds. The minimum absolute atomic E-state index is 0.0898. The van der Waals surface area contributed by atoms with Crippen LogP contribution in [0.2, 0.25) is 0 Å². The molecule has 0 aliphatic carbocycles. The van der Waals surface area contributed by atoms with Crippen molar-refractivity contribution < 1.29 is 5.11 Å². The van der Waals surface area contributed by atoms with Crippen LogP contribution in [0, 0.1) is 13.8 Å². The van der Waals surface area contributed by atoms with E-state index in [4.69, 9.17) is 0 Å². The van der Waals surface area contributed by atoms with Crippen LogP contribution in [-0.2, 0) is 6.42 Å². The second kappa shape index (κ2) is 7.02. The largest absolute Gasteiger partial charge is 0.395 e. The maximum absolute atomic E-state index is 9.60. The number of rotatable bonds is 6. The normalized spacial score (nSPS) is 14.2. The van der Waals surface area contributed by atoms with Crippen molar-refractivity contribution in [2.24, 2.45) is 0 Å². The Morgan fingerprint density at radius 1 is 1.20 bits per heavy atom. The highest BCUT2D eigenvalue weighted by Crippen LogP contribution is 2.26. The number of benzene rings is 1. The van der Waals surface area contributed by atoms with E-state index in [9.17, 15) is 5.11 Å². The molecule has 20 heavy (non-hydrogen) atoms. The van der Waals surface area contributed by atoms with Gasteiger partial charge in [-0.15, -0.1) is 11.3 Å². The van der Waals surface area contributed by atoms with Crippen LogP contribution in [0.15, 0.2) is 36.4 Å². The van der Waals surface area contributed by atoms with Crippen LogP contribution in [0.4, 0.5) is 0 Å². The predicted octanol–water partition coefficient (Wildman–Crippen LogP) is 3.62. The Morgan fingerprint density at radius 2 is 1.90 bits per heavy atom. The number of hydrogen-bond acceptors (Lipinski definition) is 3. The lowest BCUT2D eigenvalue weighted by Gasteiger charge is -2.22. The van der Waals surface area contributed by atoms with Gasteiger partial charge in [0.15, 0.2) is 0 Å². The summed E-state index contributed by atoms with van der Waals surface area (Å²) in [5.74, 6) is 0. The fourth-order valence-corrected chi connectivity index (χ4v) is 3.62. The molecule has 0 saturated carbocycles. The molecule has 0 bridgehead atoms. The van der Waals surface area contributed by atoms with Gasteiger partial charge in [-0.1, -0.05) is 30.3 Å². The molecule has 0 radical (unpaired) electrons. The first-order valence-electron chi connectivity index (χ1n) is 7.08. The molecule has 3 heteroatoms. The average Bonchev–Trinajstić information content (AvgIpc) is 2.78. The third kappa shape index (κ3) is 3.92. The van der Waals surface area contributed by atoms with Crippen LogP contribution >= 0.6 is 11.3 Å². The van der Waals surface area contributed by atoms with Gasteiger partial charge in [0, 0.05) is 21.8 Å². The van der Waals surface area contributed by atoms with Crippen LogP contribution in [0.3, 0.4) is 0 Å². The van der Waals surface area contributed by atoms with E-state index < -0.39 is 0 Å². The highest BCUT2D eigenvalue weighted by atomic mass is 32.1. The minimum Gasteiger partial charge on any atom is -0.395 e. The number of aliphatic hydroxyl groups is 1. The molecule has 0 fully saturated rings. The summed E-state index contributed by atoms with van der Waals surface area (Å²) in [7, 11) is 0. The second-order valence-electron chi connectivity index (χ2n) is 5.33. The zero-order chi connectivity index (χ0) is 14.5. The number of hydrogen-bond donors (Lipinski definition) is 2. The van der Waals surface area contributed by atoms with Crippen molar-refractivity contribution in [1.29, 1.82) is 0 Å². The van der Waals surface area contributed by atoms with E-state index in [-0.39, 0.29) is 18.7 Å². The van der Waals surface area contributed by atoms with Gasteiger partial charge < -0.3 is 10.4 Å². The van der Waals surface area contributed by atoms with Crippen LogP contribution in [0.5, 0.6) is 0 Å². The molecule has 2 aromatic rings. The van der Waals surface area contributed by atoms with Crippen LogP contribution in [0.25, 0.3) is 0 Å². The Kier molecular flexibility index (Phi) is 5.35. The molecule has 1 aromatic carbocycles. The summed E-state index contributed by atoms with van der Waals surface area (Å²) in [5, 5.41) is 13.1. The average molecular weight is 289 g/mol. The third-order valence-corrected chi connectivity index (χ3v) is 4.56. The predicted molar refractivity (Wildman–Crippen MR) is 86.4 cm³/mol. The van der Waals surface area contributed by atoms with E-state index in [1.165, 1.54) is 20.9 Å². The third-order valence-electron chi connectivity index (χ3n) is 3.58. The van der Waals surface area contributed by atoms with E-state index in [1.807, 2.05) is 29.5 Å². The Bertz CT molecular complexity index is 535. The molecule has 1 aromatic heterocycles. The molecular formula is C17H23NOS. The summed E-state index contributed by atoms with van der Waals surface area (Å²) in [6.07, 6.45) is 0.851. The van der Waals surface area contributed by atoms with Crippen LogP contribution < -0.4 is 5.32 Å². The van der Waals surface area contributed by atoms with Gasteiger partial charge >= 0.3 is 0 Å². The quantitative estimate of drug-likeness (QED) is 0.851. The summed E-state index contributed by atoms with van der Waals surface area (Å²) in [5.41, 5.74) is 2.60. The molecule has 0 saturated heterocycles. The lowest BCUT2D eigenvalue weighted by Crippen LogP contribution is -2.36. The van der Waals surface area contributed by atoms with Gasteiger partial charge in [0.25, 0.3) is 0 Å². The topological polar surface area (TPSA) is 32.3 Å². The Morgan fingerprint density at radius 3 is 2.45 bits per heavy atom. The summed E-state index contributed by atoms with van der Waals surface area (Å²) in [6.45, 7) is 6.63. The lowest BCUT2D eigenvalue weighted by molar-refractivity contribution is 0.232.